The third-order valence-corrected chi connectivity index (χ3v) is 7.41. The van der Waals surface area contributed by atoms with Crippen molar-refractivity contribution in [2.45, 2.75) is 26.1 Å². The molecule has 0 unspecified atom stereocenters. The standard InChI is InChI=1S/C17H18INO4/c1-17(2)16-18-13(10-20)14(15(21)19(16)8-9-23-17)22-11-12-6-4-3-5-7-12/h3-7,10H,8-9,11H2,1-2H3. The first-order chi connectivity index (χ1) is 11.0. The van der Waals surface area contributed by atoms with Crippen LogP contribution in [0, 0.1) is 0 Å². The van der Waals surface area contributed by atoms with Crippen molar-refractivity contribution >= 4 is 36.6 Å². The fraction of sp³-hybridized carbons (Fsp3) is 0.353. The fourth-order valence-corrected chi connectivity index (χ4v) is 5.40. The van der Waals surface area contributed by atoms with Gasteiger partial charge >= 0.3 is 0 Å². The first-order valence-corrected chi connectivity index (χ1v) is 9.53. The third-order valence-electron chi connectivity index (χ3n) is 3.69. The highest BCUT2D eigenvalue weighted by atomic mass is 127. The number of nitrogens with zero attached hydrogens (tertiary/aromatic N) is 1. The Morgan fingerprint density at radius 2 is 2.09 bits per heavy atom. The van der Waals surface area contributed by atoms with Crippen molar-refractivity contribution in [3.05, 3.63) is 45.2 Å². The first-order valence-electron chi connectivity index (χ1n) is 7.37. The molecule has 0 aliphatic carbocycles. The average molecular weight is 427 g/mol. The van der Waals surface area contributed by atoms with E-state index in [-0.39, 0.29) is 18.3 Å². The lowest BCUT2D eigenvalue weighted by atomic mass is 10.1. The Morgan fingerprint density at radius 1 is 1.35 bits per heavy atom. The molecule has 2 aliphatic rings. The molecule has 1 amide bonds. The number of allylic oxidation sites excluding steroid dienone is 1. The molecule has 0 saturated carbocycles. The molecule has 2 heterocycles. The van der Waals surface area contributed by atoms with Crippen molar-refractivity contribution in [3.8, 4) is 0 Å². The minimum Gasteiger partial charge on any atom is -0.482 e. The van der Waals surface area contributed by atoms with Gasteiger partial charge in [-0.05, 0) is 19.4 Å². The molecule has 0 atom stereocenters. The SMILES string of the molecule is CC1(C)OCCN2C(=O)C(OCc3ccccc3)=C(C=O)I=C21. The number of hydrogen-bond donors (Lipinski definition) is 0. The lowest BCUT2D eigenvalue weighted by Gasteiger charge is -2.42. The van der Waals surface area contributed by atoms with Gasteiger partial charge in [0.2, 0.25) is 5.76 Å². The maximum absolute atomic E-state index is 12.8. The van der Waals surface area contributed by atoms with Crippen LogP contribution in [-0.4, -0.2) is 39.5 Å². The molecule has 6 heteroatoms. The van der Waals surface area contributed by atoms with Crippen LogP contribution in [0.3, 0.4) is 0 Å². The Balaban J connectivity index is 1.90. The van der Waals surface area contributed by atoms with E-state index in [0.29, 0.717) is 16.7 Å². The number of aldehydes is 1. The quantitative estimate of drug-likeness (QED) is 0.547. The summed E-state index contributed by atoms with van der Waals surface area (Å²) < 4.78 is 12.9. The summed E-state index contributed by atoms with van der Waals surface area (Å²) in [6.07, 6.45) is 0.764. The van der Waals surface area contributed by atoms with Crippen molar-refractivity contribution in [2.75, 3.05) is 13.2 Å². The van der Waals surface area contributed by atoms with Gasteiger partial charge in [0.25, 0.3) is 5.91 Å². The fourth-order valence-electron chi connectivity index (χ4n) is 2.53. The summed E-state index contributed by atoms with van der Waals surface area (Å²) in [6, 6.07) is 9.62. The number of fused-ring (bicyclic) bond motifs is 1. The number of morpholine rings is 1. The largest absolute Gasteiger partial charge is 0.482 e. The van der Waals surface area contributed by atoms with Crippen molar-refractivity contribution in [1.29, 1.82) is 0 Å². The zero-order valence-corrected chi connectivity index (χ0v) is 15.2. The minimum absolute atomic E-state index is 0.207. The zero-order chi connectivity index (χ0) is 16.4. The van der Waals surface area contributed by atoms with E-state index in [4.69, 9.17) is 9.47 Å². The molecule has 122 valence electrons. The molecule has 3 rings (SSSR count). The van der Waals surface area contributed by atoms with Gasteiger partial charge < -0.3 is 9.47 Å². The van der Waals surface area contributed by atoms with Crippen LogP contribution in [-0.2, 0) is 25.7 Å². The molecule has 1 aromatic rings. The van der Waals surface area contributed by atoms with Crippen LogP contribution in [0.1, 0.15) is 19.4 Å². The highest BCUT2D eigenvalue weighted by Crippen LogP contribution is 2.35. The van der Waals surface area contributed by atoms with E-state index < -0.39 is 26.3 Å². The van der Waals surface area contributed by atoms with Crippen molar-refractivity contribution < 1.29 is 19.1 Å². The molecule has 0 aromatic heterocycles. The molecule has 0 spiro atoms. The zero-order valence-electron chi connectivity index (χ0n) is 13.0. The van der Waals surface area contributed by atoms with Crippen molar-refractivity contribution in [3.63, 3.8) is 0 Å². The number of halogens is 1. The van der Waals surface area contributed by atoms with Gasteiger partial charge in [0.15, 0.2) is 6.29 Å². The smallest absolute Gasteiger partial charge is 0.294 e. The summed E-state index contributed by atoms with van der Waals surface area (Å²) in [7, 11) is 0. The Kier molecular flexibility index (Phi) is 4.63. The normalized spacial score (nSPS) is 20.3. The molecule has 5 nitrogen and oxygen atoms in total. The predicted octanol–water partition coefficient (Wildman–Crippen LogP) is 2.37. The number of rotatable bonds is 4. The van der Waals surface area contributed by atoms with Crippen LogP contribution < -0.4 is 0 Å². The molecule has 2 aliphatic heterocycles. The first kappa shape index (κ1) is 16.3. The van der Waals surface area contributed by atoms with E-state index in [9.17, 15) is 9.59 Å². The number of benzene rings is 1. The van der Waals surface area contributed by atoms with Crippen LogP contribution >= 0.6 is 20.7 Å². The lowest BCUT2D eigenvalue weighted by molar-refractivity contribution is -0.131. The van der Waals surface area contributed by atoms with E-state index in [2.05, 4.69) is 0 Å². The molecule has 1 saturated heterocycles. The molecule has 0 radical (unpaired) electrons. The van der Waals surface area contributed by atoms with Gasteiger partial charge in [0.05, 0.1) is 20.4 Å². The Bertz CT molecular complexity index is 694. The van der Waals surface area contributed by atoms with Gasteiger partial charge in [-0.2, -0.15) is 0 Å². The lowest BCUT2D eigenvalue weighted by Crippen LogP contribution is -2.56. The van der Waals surface area contributed by atoms with Crippen LogP contribution in [0.5, 0.6) is 0 Å². The van der Waals surface area contributed by atoms with Gasteiger partial charge in [-0.15, -0.1) is 0 Å². The Labute approximate surface area is 145 Å². The number of ether oxygens (including phenoxy) is 2. The van der Waals surface area contributed by atoms with Gasteiger partial charge in [-0.3, -0.25) is 14.5 Å². The number of hydrogen-bond acceptors (Lipinski definition) is 4. The Morgan fingerprint density at radius 3 is 2.78 bits per heavy atom. The number of carbonyl (C=O) groups excluding carboxylic acids is 2. The monoisotopic (exact) mass is 427 g/mol. The van der Waals surface area contributed by atoms with Gasteiger partial charge in [-0.25, -0.2) is 0 Å². The molecular weight excluding hydrogens is 409 g/mol. The van der Waals surface area contributed by atoms with Crippen LogP contribution in [0.4, 0.5) is 0 Å². The van der Waals surface area contributed by atoms with E-state index in [1.54, 1.807) is 4.90 Å². The topological polar surface area (TPSA) is 55.8 Å². The number of carbonyl (C=O) groups is 2. The molecule has 23 heavy (non-hydrogen) atoms. The maximum atomic E-state index is 12.8. The van der Waals surface area contributed by atoms with Crippen LogP contribution in [0.2, 0.25) is 0 Å². The van der Waals surface area contributed by atoms with Crippen LogP contribution in [0.25, 0.3) is 0 Å². The van der Waals surface area contributed by atoms with E-state index in [1.807, 2.05) is 44.2 Å². The summed E-state index contributed by atoms with van der Waals surface area (Å²) in [5.74, 6) is -0.0153. The van der Waals surface area contributed by atoms with Gasteiger partial charge in [0, 0.05) is 0 Å². The van der Waals surface area contributed by atoms with E-state index in [1.165, 1.54) is 0 Å². The summed E-state index contributed by atoms with van der Waals surface area (Å²) in [4.78, 5) is 26.0. The maximum Gasteiger partial charge on any atom is 0.294 e. The molecule has 1 fully saturated rings. The average Bonchev–Trinajstić information content (AvgIpc) is 2.55. The second kappa shape index (κ2) is 6.52. The second-order valence-electron chi connectivity index (χ2n) is 5.77. The molecule has 0 N–H and O–H groups in total. The van der Waals surface area contributed by atoms with Gasteiger partial charge in [-0.1, -0.05) is 51.1 Å². The minimum atomic E-state index is -0.769. The van der Waals surface area contributed by atoms with Crippen molar-refractivity contribution in [2.24, 2.45) is 0 Å². The summed E-state index contributed by atoms with van der Waals surface area (Å²) >= 11 is -0.769. The number of amides is 1. The third kappa shape index (κ3) is 3.23. The predicted molar refractivity (Wildman–Crippen MR) is 95.1 cm³/mol. The highest BCUT2D eigenvalue weighted by Gasteiger charge is 2.41. The summed E-state index contributed by atoms with van der Waals surface area (Å²) in [5, 5.41) is 0. The second-order valence-corrected chi connectivity index (χ2v) is 8.49. The molecule has 1 aromatic carbocycles. The van der Waals surface area contributed by atoms with Crippen molar-refractivity contribution in [1.82, 2.24) is 4.90 Å². The van der Waals surface area contributed by atoms with E-state index in [0.717, 1.165) is 15.5 Å². The van der Waals surface area contributed by atoms with E-state index >= 15 is 0 Å². The van der Waals surface area contributed by atoms with Crippen LogP contribution in [0.15, 0.2) is 39.7 Å². The Hall–Kier alpha value is -1.54. The summed E-state index contributed by atoms with van der Waals surface area (Å²) in [6.45, 7) is 5.18. The van der Waals surface area contributed by atoms with Gasteiger partial charge in [0.1, 0.15) is 12.2 Å². The summed E-state index contributed by atoms with van der Waals surface area (Å²) in [5.41, 5.74) is 0.466. The highest BCUT2D eigenvalue weighted by molar-refractivity contribution is 14.2. The molecular formula is C17H18INO4. The molecule has 0 bridgehead atoms.